The van der Waals surface area contributed by atoms with Gasteiger partial charge in [-0.25, -0.2) is 4.68 Å². The summed E-state index contributed by atoms with van der Waals surface area (Å²) in [5, 5.41) is 14.6. The second kappa shape index (κ2) is 9.96. The smallest absolute Gasteiger partial charge is 1.00 e. The van der Waals surface area contributed by atoms with E-state index in [-0.39, 0.29) is 73.8 Å². The van der Waals surface area contributed by atoms with Crippen molar-refractivity contribution in [2.45, 2.75) is 45.6 Å². The number of ketones is 2. The molecule has 0 unspecified atom stereocenters. The predicted molar refractivity (Wildman–Crippen MR) is 95.7 cm³/mol. The van der Waals surface area contributed by atoms with Crippen molar-refractivity contribution >= 4 is 23.2 Å². The van der Waals surface area contributed by atoms with Crippen molar-refractivity contribution in [1.29, 1.82) is 0 Å². The average Bonchev–Trinajstić information content (AvgIpc) is 2.57. The van der Waals surface area contributed by atoms with Gasteiger partial charge in [0.15, 0.2) is 11.6 Å². The summed E-state index contributed by atoms with van der Waals surface area (Å²) in [5.41, 5.74) is -0.547. The molecule has 1 N–H and O–H groups in total. The van der Waals surface area contributed by atoms with Gasteiger partial charge in [0, 0.05) is 39.9 Å². The van der Waals surface area contributed by atoms with Crippen LogP contribution in [0.15, 0.2) is 16.4 Å². The summed E-state index contributed by atoms with van der Waals surface area (Å²) in [5.74, 6) is -1.53. The summed E-state index contributed by atoms with van der Waals surface area (Å²) in [6, 6.07) is 1.36. The molecular weight excluding hydrogens is 361 g/mol. The van der Waals surface area contributed by atoms with Crippen LogP contribution in [0, 0.1) is 6.92 Å². The van der Waals surface area contributed by atoms with E-state index >= 15 is 0 Å². The van der Waals surface area contributed by atoms with Crippen LogP contribution >= 0.6 is 0 Å². The number of aliphatic hydroxyl groups excluding tert-OH is 1. The number of hydrogen-bond donors (Lipinski definition) is 1. The Morgan fingerprint density at radius 2 is 1.85 bits per heavy atom. The fraction of sp³-hybridized carbons (Fsp3) is 0.500. The zero-order valence-corrected chi connectivity index (χ0v) is 18.2. The van der Waals surface area contributed by atoms with E-state index in [1.165, 1.54) is 11.0 Å². The van der Waals surface area contributed by atoms with Gasteiger partial charge in [-0.3, -0.25) is 19.2 Å². The molecule has 9 heteroatoms. The van der Waals surface area contributed by atoms with Gasteiger partial charge in [0.05, 0.1) is 11.3 Å². The van der Waals surface area contributed by atoms with Gasteiger partial charge in [0.25, 0.3) is 5.56 Å². The molecule has 1 amide bonds. The van der Waals surface area contributed by atoms with Crippen molar-refractivity contribution in [2.24, 2.45) is 0 Å². The molecule has 27 heavy (non-hydrogen) atoms. The quantitative estimate of drug-likeness (QED) is 0.275. The Kier molecular flexibility index (Phi) is 8.59. The molecule has 1 aliphatic carbocycles. The van der Waals surface area contributed by atoms with Crippen molar-refractivity contribution < 1.29 is 50.5 Å². The summed E-state index contributed by atoms with van der Waals surface area (Å²) >= 11 is 0. The number of nitrogens with zero attached hydrogens (tertiary/aromatic N) is 3. The molecule has 0 saturated heterocycles. The molecule has 0 atom stereocenters. The maximum absolute atomic E-state index is 12.6. The Labute approximate surface area is 181 Å². The summed E-state index contributed by atoms with van der Waals surface area (Å²) < 4.78 is 1.15. The van der Waals surface area contributed by atoms with Gasteiger partial charge < -0.3 is 11.4 Å². The minimum atomic E-state index is -0.593. The minimum Gasteiger partial charge on any atom is -1.00 e. The van der Waals surface area contributed by atoms with Crippen LogP contribution in [0.4, 0.5) is 0 Å². The molecule has 0 aromatic carbocycles. The minimum absolute atomic E-state index is 0. The van der Waals surface area contributed by atoms with Crippen molar-refractivity contribution in [3.05, 3.63) is 33.3 Å². The van der Waals surface area contributed by atoms with Crippen molar-refractivity contribution in [3.8, 4) is 0 Å². The van der Waals surface area contributed by atoms with Crippen LogP contribution in [-0.2, 0) is 20.9 Å². The van der Waals surface area contributed by atoms with Crippen molar-refractivity contribution in [2.75, 3.05) is 14.1 Å². The molecule has 0 bridgehead atoms. The molecule has 1 fully saturated rings. The number of carbonyl (C=O) groups is 3. The summed E-state index contributed by atoms with van der Waals surface area (Å²) in [6.07, 6.45) is 1.47. The first-order valence-corrected chi connectivity index (χ1v) is 8.51. The van der Waals surface area contributed by atoms with E-state index in [9.17, 15) is 24.3 Å². The number of hydrogen-bond acceptors (Lipinski definition) is 6. The normalized spacial score (nSPS) is 14.0. The van der Waals surface area contributed by atoms with Gasteiger partial charge >= 0.3 is 29.6 Å². The topological polar surface area (TPSA) is 110 Å². The van der Waals surface area contributed by atoms with Gasteiger partial charge in [-0.05, 0) is 25.8 Å². The number of allylic oxidation sites excluding steroid dienone is 1. The van der Waals surface area contributed by atoms with E-state index in [0.29, 0.717) is 18.5 Å². The predicted octanol–water partition coefficient (Wildman–Crippen LogP) is -1.87. The number of Topliss-reactive ketones (excluding diaryl/α,β-unsaturated/α-hetero) is 2. The molecule has 0 aliphatic heterocycles. The number of amides is 1. The third-order valence-corrected chi connectivity index (χ3v) is 4.21. The number of carbonyl (C=O) groups excluding carboxylic acids is 3. The van der Waals surface area contributed by atoms with Crippen LogP contribution in [0.25, 0.3) is 5.76 Å². The van der Waals surface area contributed by atoms with E-state index in [4.69, 9.17) is 0 Å². The molecule has 0 spiro atoms. The van der Waals surface area contributed by atoms with Crippen LogP contribution in [0.3, 0.4) is 0 Å². The molecule has 142 valence electrons. The van der Waals surface area contributed by atoms with E-state index in [0.717, 1.165) is 4.68 Å². The van der Waals surface area contributed by atoms with E-state index in [1.54, 1.807) is 21.0 Å². The van der Waals surface area contributed by atoms with E-state index in [2.05, 4.69) is 5.10 Å². The zero-order chi connectivity index (χ0) is 19.4. The first kappa shape index (κ1) is 23.3. The zero-order valence-electron chi connectivity index (χ0n) is 17.2. The van der Waals surface area contributed by atoms with E-state index < -0.39 is 22.9 Å². The monoisotopic (exact) mass is 385 g/mol. The second-order valence-electron chi connectivity index (χ2n) is 6.54. The molecule has 2 rings (SSSR count). The molecule has 1 heterocycles. The number of aryl methyl sites for hydroxylation is 2. The Morgan fingerprint density at radius 1 is 1.26 bits per heavy atom. The van der Waals surface area contributed by atoms with Gasteiger partial charge in [-0.1, -0.05) is 0 Å². The fourth-order valence-electron chi connectivity index (χ4n) is 2.81. The average molecular weight is 385 g/mol. The molecule has 1 aromatic rings. The molecule has 0 radical (unpaired) electrons. The van der Waals surface area contributed by atoms with Crippen molar-refractivity contribution in [1.82, 2.24) is 14.7 Å². The third-order valence-electron chi connectivity index (χ3n) is 4.21. The van der Waals surface area contributed by atoms with E-state index in [1.807, 2.05) is 0 Å². The van der Waals surface area contributed by atoms with Crippen LogP contribution in [0.1, 0.15) is 44.8 Å². The largest absolute Gasteiger partial charge is 1.00 e. The Hall–Kier alpha value is -1.77. The SMILES string of the molecule is Cc1cc(C(O)=C2C(=O)CCCC2=O)c(=O)n(CCCC(=O)N(C)C)n1.[H-].[Na+]. The molecule has 1 aliphatic rings. The molecule has 1 saturated carbocycles. The molecule has 8 nitrogen and oxygen atoms in total. The van der Waals surface area contributed by atoms with Gasteiger partial charge in [0.1, 0.15) is 11.3 Å². The van der Waals surface area contributed by atoms with Crippen molar-refractivity contribution in [3.63, 3.8) is 0 Å². The van der Waals surface area contributed by atoms with Crippen LogP contribution in [-0.4, -0.2) is 51.4 Å². The van der Waals surface area contributed by atoms with Gasteiger partial charge in [-0.2, -0.15) is 5.10 Å². The number of aromatic nitrogens is 2. The van der Waals surface area contributed by atoms with Crippen LogP contribution in [0.2, 0.25) is 0 Å². The molecule has 1 aromatic heterocycles. The Morgan fingerprint density at radius 3 is 2.41 bits per heavy atom. The van der Waals surface area contributed by atoms with Crippen LogP contribution < -0.4 is 35.1 Å². The molecular formula is C18H24N3NaO5. The summed E-state index contributed by atoms with van der Waals surface area (Å²) in [7, 11) is 3.31. The first-order valence-electron chi connectivity index (χ1n) is 8.51. The number of rotatable bonds is 5. The third kappa shape index (κ3) is 5.60. The Bertz CT molecular complexity index is 830. The maximum Gasteiger partial charge on any atom is 1.00 e. The summed E-state index contributed by atoms with van der Waals surface area (Å²) in [6.45, 7) is 1.84. The van der Waals surface area contributed by atoms with Crippen LogP contribution in [0.5, 0.6) is 0 Å². The van der Waals surface area contributed by atoms with Gasteiger partial charge in [0.2, 0.25) is 5.91 Å². The van der Waals surface area contributed by atoms with Gasteiger partial charge in [-0.15, -0.1) is 0 Å². The maximum atomic E-state index is 12.6. The standard InChI is InChI=1S/C18H23N3O5.Na.H/c1-11-10-12(17(25)16-13(22)6-4-7-14(16)23)18(26)21(19-11)9-5-8-15(24)20(2)3;;/h10,25H,4-9H2,1-3H3;;/q;+1;-1. The summed E-state index contributed by atoms with van der Waals surface area (Å²) in [4.78, 5) is 49.7. The Balaban J connectivity index is 0.00000364. The first-order chi connectivity index (χ1) is 12.2. The fourth-order valence-corrected chi connectivity index (χ4v) is 2.81. The number of aliphatic hydroxyl groups is 1. The second-order valence-corrected chi connectivity index (χ2v) is 6.54.